The molecule has 0 spiro atoms. The Kier molecular flexibility index (Phi) is 4.92. The maximum absolute atomic E-state index is 5.93. The summed E-state index contributed by atoms with van der Waals surface area (Å²) in [6.45, 7) is 2.93. The minimum absolute atomic E-state index is 0.314. The van der Waals surface area contributed by atoms with Gasteiger partial charge in [-0.25, -0.2) is 0 Å². The molecule has 0 amide bonds. The molecule has 1 saturated carbocycles. The summed E-state index contributed by atoms with van der Waals surface area (Å²) in [4.78, 5) is 7.09. The highest BCUT2D eigenvalue weighted by molar-refractivity contribution is 8.00. The van der Waals surface area contributed by atoms with Crippen LogP contribution in [0.4, 0.5) is 0 Å². The number of aryl methyl sites for hydroxylation is 1. The molecule has 1 aliphatic carbocycles. The summed E-state index contributed by atoms with van der Waals surface area (Å²) >= 11 is 1.72. The Labute approximate surface area is 212 Å². The van der Waals surface area contributed by atoms with Gasteiger partial charge >= 0.3 is 0 Å². The van der Waals surface area contributed by atoms with Crippen LogP contribution in [0, 0.1) is 6.92 Å². The van der Waals surface area contributed by atoms with Crippen molar-refractivity contribution in [2.45, 2.75) is 42.5 Å². The largest absolute Gasteiger partial charge is 0.376 e. The Morgan fingerprint density at radius 3 is 2.61 bits per heavy atom. The van der Waals surface area contributed by atoms with E-state index in [1.807, 2.05) is 12.1 Å². The Hall–Kier alpha value is -3.65. The second-order valence-corrected chi connectivity index (χ2v) is 11.2. The van der Waals surface area contributed by atoms with Gasteiger partial charge in [0.15, 0.2) is 10.8 Å². The lowest BCUT2D eigenvalue weighted by molar-refractivity contribution is 0.340. The lowest BCUT2D eigenvalue weighted by Gasteiger charge is -2.23. The smallest absolute Gasteiger partial charge is 0.243 e. The van der Waals surface area contributed by atoms with Crippen LogP contribution in [-0.4, -0.2) is 43.2 Å². The quantitative estimate of drug-likeness (QED) is 0.370. The first kappa shape index (κ1) is 21.6. The van der Waals surface area contributed by atoms with Gasteiger partial charge in [-0.05, 0) is 25.8 Å². The van der Waals surface area contributed by atoms with Crippen molar-refractivity contribution in [3.63, 3.8) is 0 Å². The van der Waals surface area contributed by atoms with E-state index in [1.165, 1.54) is 16.2 Å². The van der Waals surface area contributed by atoms with Crippen LogP contribution in [0.15, 0.2) is 58.2 Å². The van der Waals surface area contributed by atoms with E-state index in [4.69, 9.17) is 19.7 Å². The van der Waals surface area contributed by atoms with E-state index in [1.54, 1.807) is 11.8 Å². The molecular weight excluding hydrogens is 468 g/mol. The number of benzene rings is 2. The highest BCUT2D eigenvalue weighted by Crippen LogP contribution is 2.52. The highest BCUT2D eigenvalue weighted by Gasteiger charge is 2.43. The molecule has 1 fully saturated rings. The van der Waals surface area contributed by atoms with Crippen LogP contribution >= 0.6 is 11.8 Å². The molecule has 8 heteroatoms. The van der Waals surface area contributed by atoms with Crippen molar-refractivity contribution in [1.82, 2.24) is 29.6 Å². The zero-order valence-corrected chi connectivity index (χ0v) is 21.1. The van der Waals surface area contributed by atoms with Crippen LogP contribution in [0.1, 0.15) is 37.1 Å². The lowest BCUT2D eigenvalue weighted by atomic mass is 10.1. The first-order valence-corrected chi connectivity index (χ1v) is 13.2. The molecule has 4 heterocycles. The fourth-order valence-electron chi connectivity index (χ4n) is 5.45. The molecule has 0 unspecified atom stereocenters. The van der Waals surface area contributed by atoms with E-state index in [-0.39, 0.29) is 4.75 Å². The van der Waals surface area contributed by atoms with Gasteiger partial charge in [-0.1, -0.05) is 83.9 Å². The average Bonchev–Trinajstić information content (AvgIpc) is 3.66. The summed E-state index contributed by atoms with van der Waals surface area (Å²) in [5.74, 6) is 1.32. The van der Waals surface area contributed by atoms with Gasteiger partial charge < -0.3 is 9.42 Å². The molecule has 7 nitrogen and oxygen atoms in total. The molecule has 180 valence electrons. The SMILES string of the molecule is Cc1ccc(-c2noc(C3(Sc4nnc5c6c(c7ccccc7n45)=CN(C)CC=6)CCCC3)n2)cc1. The van der Waals surface area contributed by atoms with Crippen molar-refractivity contribution < 1.29 is 4.52 Å². The van der Waals surface area contributed by atoms with Gasteiger partial charge in [-0.2, -0.15) is 4.98 Å². The Bertz CT molecular complexity index is 1730. The number of fused-ring (bicyclic) bond motifs is 6. The molecule has 0 atom stereocenters. The van der Waals surface area contributed by atoms with Crippen LogP contribution in [0.25, 0.3) is 40.2 Å². The third kappa shape index (κ3) is 3.35. The van der Waals surface area contributed by atoms with Crippen LogP contribution in [0.5, 0.6) is 0 Å². The van der Waals surface area contributed by atoms with E-state index in [2.05, 4.69) is 77.1 Å². The van der Waals surface area contributed by atoms with Gasteiger partial charge in [0.2, 0.25) is 11.7 Å². The van der Waals surface area contributed by atoms with Crippen LogP contribution in [0.2, 0.25) is 0 Å². The number of hydrogen-bond donors (Lipinski definition) is 0. The molecule has 0 N–H and O–H groups in total. The third-order valence-corrected chi connectivity index (χ3v) is 8.78. The standard InChI is InChI=1S/C28H26N6OS/c1-18-9-11-19(12-10-18)24-29-26(35-32-24)28(14-5-6-15-28)36-27-31-30-25-21-13-16-33(2)17-22(21)20-7-3-4-8-23(20)34(25)27/h3-4,7-13,17H,5-6,14-16H2,1-2H3. The molecular formula is C28H26N6OS. The highest BCUT2D eigenvalue weighted by atomic mass is 32.2. The maximum atomic E-state index is 5.93. The number of pyridine rings is 1. The second kappa shape index (κ2) is 8.20. The van der Waals surface area contributed by atoms with Gasteiger partial charge in [-0.3, -0.25) is 4.40 Å². The molecule has 5 aromatic rings. The predicted molar refractivity (Wildman–Crippen MR) is 142 cm³/mol. The van der Waals surface area contributed by atoms with Crippen molar-refractivity contribution in [2.24, 2.45) is 0 Å². The van der Waals surface area contributed by atoms with E-state index in [9.17, 15) is 0 Å². The molecule has 1 aliphatic heterocycles. The van der Waals surface area contributed by atoms with Crippen LogP contribution in [-0.2, 0) is 4.75 Å². The Morgan fingerprint density at radius 1 is 0.972 bits per heavy atom. The number of aromatic nitrogens is 5. The third-order valence-electron chi connectivity index (χ3n) is 7.36. The minimum atomic E-state index is -0.314. The first-order valence-electron chi connectivity index (χ1n) is 12.4. The van der Waals surface area contributed by atoms with E-state index in [0.717, 1.165) is 59.3 Å². The molecule has 2 aromatic carbocycles. The van der Waals surface area contributed by atoms with Gasteiger partial charge in [0.1, 0.15) is 4.75 Å². The Morgan fingerprint density at radius 2 is 1.78 bits per heavy atom. The second-order valence-electron chi connectivity index (χ2n) is 9.85. The fourth-order valence-corrected chi connectivity index (χ4v) is 6.82. The van der Waals surface area contributed by atoms with Crippen molar-refractivity contribution in [2.75, 3.05) is 13.6 Å². The average molecular weight is 495 g/mol. The number of rotatable bonds is 4. The van der Waals surface area contributed by atoms with Gasteiger partial charge in [0, 0.05) is 41.2 Å². The van der Waals surface area contributed by atoms with Crippen LogP contribution in [0.3, 0.4) is 0 Å². The molecule has 0 radical (unpaired) electrons. The van der Waals surface area contributed by atoms with E-state index < -0.39 is 0 Å². The lowest BCUT2D eigenvalue weighted by Crippen LogP contribution is -2.36. The summed E-state index contributed by atoms with van der Waals surface area (Å²) in [7, 11) is 2.10. The first-order chi connectivity index (χ1) is 17.6. The van der Waals surface area contributed by atoms with Gasteiger partial charge in [-0.15, -0.1) is 10.2 Å². The number of para-hydroxylation sites is 1. The van der Waals surface area contributed by atoms with Crippen molar-refractivity contribution >= 4 is 40.6 Å². The molecule has 7 rings (SSSR count). The Balaban J connectivity index is 1.37. The van der Waals surface area contributed by atoms with Crippen molar-refractivity contribution in [3.8, 4) is 11.4 Å². The van der Waals surface area contributed by atoms with Gasteiger partial charge in [0.05, 0.1) is 5.52 Å². The fraction of sp³-hybridized carbons (Fsp3) is 0.286. The molecule has 36 heavy (non-hydrogen) atoms. The molecule has 0 bridgehead atoms. The molecule has 3 aromatic heterocycles. The summed E-state index contributed by atoms with van der Waals surface area (Å²) < 4.78 is 7.83. The topological polar surface area (TPSA) is 72.3 Å². The maximum Gasteiger partial charge on any atom is 0.243 e. The number of thioether (sulfide) groups is 1. The zero-order chi connectivity index (χ0) is 24.3. The summed E-state index contributed by atoms with van der Waals surface area (Å²) in [6, 6.07) is 16.8. The predicted octanol–water partition coefficient (Wildman–Crippen LogP) is 4.27. The summed E-state index contributed by atoms with van der Waals surface area (Å²) in [5, 5.41) is 18.2. The zero-order valence-electron chi connectivity index (χ0n) is 20.3. The summed E-state index contributed by atoms with van der Waals surface area (Å²) in [6.07, 6.45) is 8.64. The molecule has 2 aliphatic rings. The van der Waals surface area contributed by atoms with Crippen molar-refractivity contribution in [3.05, 3.63) is 70.4 Å². The van der Waals surface area contributed by atoms with Crippen molar-refractivity contribution in [1.29, 1.82) is 0 Å². The van der Waals surface area contributed by atoms with E-state index >= 15 is 0 Å². The minimum Gasteiger partial charge on any atom is -0.376 e. The normalized spacial score (nSPS) is 16.8. The van der Waals surface area contributed by atoms with Crippen LogP contribution < -0.4 is 10.4 Å². The van der Waals surface area contributed by atoms with E-state index in [0.29, 0.717) is 11.7 Å². The summed E-state index contributed by atoms with van der Waals surface area (Å²) in [5.41, 5.74) is 4.18. The van der Waals surface area contributed by atoms with Gasteiger partial charge in [0.25, 0.3) is 0 Å². The molecule has 0 saturated heterocycles. The monoisotopic (exact) mass is 494 g/mol. The number of nitrogens with zero attached hydrogens (tertiary/aromatic N) is 6. The number of hydrogen-bond acceptors (Lipinski definition) is 7.